The molecule has 7 rings (SSSR count). The van der Waals surface area contributed by atoms with Crippen molar-refractivity contribution in [1.82, 2.24) is 4.57 Å². The fourth-order valence-corrected chi connectivity index (χ4v) is 6.66. The lowest BCUT2D eigenvalue weighted by Crippen LogP contribution is -2.30. The monoisotopic (exact) mass is 541 g/mol. The molecule has 0 aliphatic rings. The van der Waals surface area contributed by atoms with Crippen molar-refractivity contribution >= 4 is 21.8 Å². The zero-order valence-corrected chi connectivity index (χ0v) is 24.5. The largest absolute Gasteiger partial charge is 0.309 e. The van der Waals surface area contributed by atoms with Crippen molar-refractivity contribution in [2.45, 2.75) is 31.6 Å². The summed E-state index contributed by atoms with van der Waals surface area (Å²) >= 11 is 0. The number of aromatic nitrogens is 1. The van der Waals surface area contributed by atoms with E-state index in [9.17, 15) is 0 Å². The fraction of sp³-hybridized carbons (Fsp3) is 0.122. The number of fused-ring (bicyclic) bond motifs is 3. The lowest BCUT2D eigenvalue weighted by atomic mass is 9.65. The highest BCUT2D eigenvalue weighted by Crippen LogP contribution is 2.46. The Bertz CT molecular complexity index is 1880. The molecule has 204 valence electrons. The molecule has 0 amide bonds. The third-order valence-corrected chi connectivity index (χ3v) is 8.72. The van der Waals surface area contributed by atoms with Crippen LogP contribution in [-0.2, 0) is 10.8 Å². The molecule has 0 saturated heterocycles. The molecule has 0 aliphatic heterocycles. The maximum atomic E-state index is 2.44. The van der Waals surface area contributed by atoms with Crippen LogP contribution in [0.15, 0.2) is 158 Å². The summed E-state index contributed by atoms with van der Waals surface area (Å²) in [6.45, 7) is 6.80. The summed E-state index contributed by atoms with van der Waals surface area (Å²) < 4.78 is 2.41. The normalized spacial score (nSPS) is 12.2. The quantitative estimate of drug-likeness (QED) is 0.191. The first-order chi connectivity index (χ1) is 20.5. The summed E-state index contributed by atoms with van der Waals surface area (Å²) in [5.74, 6) is 0. The van der Waals surface area contributed by atoms with Crippen molar-refractivity contribution in [3.63, 3.8) is 0 Å². The molecule has 0 N–H and O–H groups in total. The van der Waals surface area contributed by atoms with Crippen molar-refractivity contribution in [2.24, 2.45) is 0 Å². The second-order valence-electron chi connectivity index (χ2n) is 12.2. The molecular weight excluding hydrogens is 506 g/mol. The van der Waals surface area contributed by atoms with Gasteiger partial charge in [0.25, 0.3) is 0 Å². The van der Waals surface area contributed by atoms with Gasteiger partial charge in [-0.2, -0.15) is 0 Å². The van der Waals surface area contributed by atoms with Gasteiger partial charge in [-0.05, 0) is 63.6 Å². The van der Waals surface area contributed by atoms with E-state index in [0.717, 1.165) is 0 Å². The van der Waals surface area contributed by atoms with E-state index in [-0.39, 0.29) is 5.41 Å². The molecule has 0 unspecified atom stereocenters. The Balaban J connectivity index is 1.54. The topological polar surface area (TPSA) is 4.93 Å². The SMILES string of the molecule is CC(C)(C)c1ccc(-n2c3ccccc3c3cc(C(c4ccccc4)(c4ccccc4)c4ccccc4)ccc32)cc1. The van der Waals surface area contributed by atoms with Gasteiger partial charge in [0, 0.05) is 16.5 Å². The molecule has 1 heteroatoms. The predicted octanol–water partition coefficient (Wildman–Crippen LogP) is 10.5. The molecule has 0 radical (unpaired) electrons. The Morgan fingerprint density at radius 2 is 0.833 bits per heavy atom. The molecule has 0 fully saturated rings. The van der Waals surface area contributed by atoms with Crippen LogP contribution in [0, 0.1) is 0 Å². The molecule has 1 nitrogen and oxygen atoms in total. The Morgan fingerprint density at radius 3 is 1.36 bits per heavy atom. The maximum absolute atomic E-state index is 2.44. The average molecular weight is 542 g/mol. The molecule has 42 heavy (non-hydrogen) atoms. The molecule has 1 heterocycles. The third-order valence-electron chi connectivity index (χ3n) is 8.72. The van der Waals surface area contributed by atoms with Crippen molar-refractivity contribution in [1.29, 1.82) is 0 Å². The third kappa shape index (κ3) is 4.16. The minimum Gasteiger partial charge on any atom is -0.309 e. The summed E-state index contributed by atoms with van der Waals surface area (Å²) in [6.07, 6.45) is 0. The second-order valence-corrected chi connectivity index (χ2v) is 12.2. The molecule has 0 spiro atoms. The Hall–Kier alpha value is -4.88. The van der Waals surface area contributed by atoms with Gasteiger partial charge in [-0.3, -0.25) is 0 Å². The summed E-state index contributed by atoms with van der Waals surface area (Å²) in [6, 6.07) is 57.8. The van der Waals surface area contributed by atoms with Crippen LogP contribution in [0.5, 0.6) is 0 Å². The van der Waals surface area contributed by atoms with Gasteiger partial charge in [0.15, 0.2) is 0 Å². The van der Waals surface area contributed by atoms with Crippen molar-refractivity contribution in [2.75, 3.05) is 0 Å². The highest BCUT2D eigenvalue weighted by molar-refractivity contribution is 6.09. The molecule has 6 aromatic carbocycles. The number of nitrogens with zero attached hydrogens (tertiary/aromatic N) is 1. The first kappa shape index (κ1) is 26.0. The molecule has 7 aromatic rings. The summed E-state index contributed by atoms with van der Waals surface area (Å²) in [5.41, 5.74) is 9.61. The molecule has 1 aromatic heterocycles. The fourth-order valence-electron chi connectivity index (χ4n) is 6.66. The van der Waals surface area contributed by atoms with E-state index in [1.54, 1.807) is 0 Å². The second kappa shape index (κ2) is 10.2. The number of rotatable bonds is 5. The number of hydrogen-bond acceptors (Lipinski definition) is 0. The molecular formula is C41H35N. The summed E-state index contributed by atoms with van der Waals surface area (Å²) in [7, 11) is 0. The van der Waals surface area contributed by atoms with Gasteiger partial charge in [-0.15, -0.1) is 0 Å². The summed E-state index contributed by atoms with van der Waals surface area (Å²) in [5, 5.41) is 2.52. The van der Waals surface area contributed by atoms with Gasteiger partial charge < -0.3 is 4.57 Å². The zero-order chi connectivity index (χ0) is 28.7. The predicted molar refractivity (Wildman–Crippen MR) is 178 cm³/mol. The number of benzene rings is 6. The zero-order valence-electron chi connectivity index (χ0n) is 24.5. The van der Waals surface area contributed by atoms with Crippen molar-refractivity contribution in [3.8, 4) is 5.69 Å². The van der Waals surface area contributed by atoms with E-state index < -0.39 is 5.41 Å². The first-order valence-electron chi connectivity index (χ1n) is 14.8. The van der Waals surface area contributed by atoms with Crippen LogP contribution in [0.2, 0.25) is 0 Å². The van der Waals surface area contributed by atoms with Crippen LogP contribution < -0.4 is 0 Å². The van der Waals surface area contributed by atoms with Crippen LogP contribution >= 0.6 is 0 Å². The summed E-state index contributed by atoms with van der Waals surface area (Å²) in [4.78, 5) is 0. The van der Waals surface area contributed by atoms with Gasteiger partial charge in [-0.1, -0.05) is 148 Å². The van der Waals surface area contributed by atoms with E-state index in [1.165, 1.54) is 55.3 Å². The standard InChI is InChI=1S/C41H35N/c1-40(2,3)30-23-26-35(27-24-30)42-38-22-14-13-21-36(38)37-29-34(25-28-39(37)42)41(31-15-7-4-8-16-31,32-17-9-5-10-18-32)33-19-11-6-12-20-33/h4-29H,1-3H3. The highest BCUT2D eigenvalue weighted by atomic mass is 15.0. The van der Waals surface area contributed by atoms with Gasteiger partial charge in [0.1, 0.15) is 0 Å². The Kier molecular flexibility index (Phi) is 6.32. The molecule has 0 aliphatic carbocycles. The van der Waals surface area contributed by atoms with Crippen LogP contribution in [0.1, 0.15) is 48.6 Å². The number of para-hydroxylation sites is 1. The molecule has 0 bridgehead atoms. The van der Waals surface area contributed by atoms with Crippen LogP contribution in [0.25, 0.3) is 27.5 Å². The van der Waals surface area contributed by atoms with Gasteiger partial charge in [-0.25, -0.2) is 0 Å². The minimum absolute atomic E-state index is 0.115. The minimum atomic E-state index is -0.477. The lowest BCUT2D eigenvalue weighted by molar-refractivity contribution is 0.590. The van der Waals surface area contributed by atoms with Gasteiger partial charge in [0.2, 0.25) is 0 Å². The van der Waals surface area contributed by atoms with Gasteiger partial charge in [0.05, 0.1) is 16.4 Å². The van der Waals surface area contributed by atoms with Crippen LogP contribution in [0.3, 0.4) is 0 Å². The highest BCUT2D eigenvalue weighted by Gasteiger charge is 2.38. The van der Waals surface area contributed by atoms with Gasteiger partial charge >= 0.3 is 0 Å². The van der Waals surface area contributed by atoms with E-state index in [2.05, 4.69) is 183 Å². The van der Waals surface area contributed by atoms with E-state index >= 15 is 0 Å². The molecule has 0 saturated carbocycles. The first-order valence-corrected chi connectivity index (χ1v) is 14.8. The Morgan fingerprint density at radius 1 is 0.381 bits per heavy atom. The maximum Gasteiger partial charge on any atom is 0.0701 e. The van der Waals surface area contributed by atoms with E-state index in [0.29, 0.717) is 0 Å². The van der Waals surface area contributed by atoms with Crippen molar-refractivity contribution in [3.05, 3.63) is 186 Å². The van der Waals surface area contributed by atoms with Crippen LogP contribution in [0.4, 0.5) is 0 Å². The number of hydrogen-bond donors (Lipinski definition) is 0. The lowest BCUT2D eigenvalue weighted by Gasteiger charge is -2.37. The molecule has 0 atom stereocenters. The van der Waals surface area contributed by atoms with E-state index in [4.69, 9.17) is 0 Å². The average Bonchev–Trinajstić information content (AvgIpc) is 3.37. The van der Waals surface area contributed by atoms with E-state index in [1.807, 2.05) is 0 Å². The smallest absolute Gasteiger partial charge is 0.0701 e. The van der Waals surface area contributed by atoms with Crippen LogP contribution in [-0.4, -0.2) is 4.57 Å². The Labute approximate surface area is 248 Å². The van der Waals surface area contributed by atoms with Crippen molar-refractivity contribution < 1.29 is 0 Å².